The second-order valence-corrected chi connectivity index (χ2v) is 6.55. The highest BCUT2D eigenvalue weighted by Gasteiger charge is 2.26. The number of aryl methyl sites for hydroxylation is 1. The van der Waals surface area contributed by atoms with Crippen LogP contribution in [0.4, 0.5) is 4.39 Å². The fraction of sp³-hybridized carbons (Fsp3) is 0.368. The lowest BCUT2D eigenvalue weighted by Crippen LogP contribution is -2.34. The molecule has 1 aromatic carbocycles. The van der Waals surface area contributed by atoms with Crippen LogP contribution in [0.2, 0.25) is 0 Å². The summed E-state index contributed by atoms with van der Waals surface area (Å²) in [7, 11) is 1.94. The molecular weight excluding hydrogens is 303 g/mol. The predicted molar refractivity (Wildman–Crippen MR) is 92.2 cm³/mol. The molecule has 1 aliphatic rings. The Morgan fingerprint density at radius 3 is 2.96 bits per heavy atom. The molecule has 1 aliphatic heterocycles. The van der Waals surface area contributed by atoms with Gasteiger partial charge in [0.1, 0.15) is 5.82 Å². The summed E-state index contributed by atoms with van der Waals surface area (Å²) in [6, 6.07) is 11.1. The second kappa shape index (κ2) is 6.32. The normalized spacial score (nSPS) is 19.0. The van der Waals surface area contributed by atoms with Gasteiger partial charge >= 0.3 is 0 Å². The van der Waals surface area contributed by atoms with Crippen molar-refractivity contribution in [3.63, 3.8) is 0 Å². The molecule has 4 nitrogen and oxygen atoms in total. The summed E-state index contributed by atoms with van der Waals surface area (Å²) in [4.78, 5) is 6.77. The smallest absolute Gasteiger partial charge is 0.157 e. The van der Waals surface area contributed by atoms with Gasteiger partial charge in [-0.05, 0) is 37.6 Å². The molecule has 2 aromatic heterocycles. The second-order valence-electron chi connectivity index (χ2n) is 6.55. The third-order valence-electron chi connectivity index (χ3n) is 4.87. The van der Waals surface area contributed by atoms with Crippen molar-refractivity contribution in [3.8, 4) is 0 Å². The van der Waals surface area contributed by atoms with Crippen molar-refractivity contribution in [2.24, 2.45) is 7.05 Å². The summed E-state index contributed by atoms with van der Waals surface area (Å²) < 4.78 is 15.8. The topological polar surface area (TPSA) is 34.0 Å². The first-order valence-electron chi connectivity index (χ1n) is 8.46. The molecule has 0 amide bonds. The Bertz CT molecular complexity index is 857. The highest BCUT2D eigenvalue weighted by molar-refractivity contribution is 5.78. The molecule has 0 N–H and O–H groups in total. The summed E-state index contributed by atoms with van der Waals surface area (Å²) in [6.45, 7) is 2.58. The first kappa shape index (κ1) is 15.3. The monoisotopic (exact) mass is 324 g/mol. The van der Waals surface area contributed by atoms with Crippen molar-refractivity contribution >= 4 is 11.0 Å². The Morgan fingerprint density at radius 1 is 1.21 bits per heavy atom. The van der Waals surface area contributed by atoms with Gasteiger partial charge < -0.3 is 0 Å². The van der Waals surface area contributed by atoms with E-state index >= 15 is 0 Å². The first-order valence-corrected chi connectivity index (χ1v) is 8.46. The first-order chi connectivity index (χ1) is 11.7. The van der Waals surface area contributed by atoms with Crippen LogP contribution < -0.4 is 0 Å². The SMILES string of the molecule is Cn1nc([C@@H]2CCCN(Cc3ccccc3F)C2)c2cccnc21. The number of pyridine rings is 1. The van der Waals surface area contributed by atoms with E-state index in [2.05, 4.69) is 16.0 Å². The maximum Gasteiger partial charge on any atom is 0.157 e. The van der Waals surface area contributed by atoms with E-state index in [0.717, 1.165) is 48.2 Å². The lowest BCUT2D eigenvalue weighted by Gasteiger charge is -2.32. The standard InChI is InChI=1S/C19H21FN4/c1-23-19-16(8-4-10-21-19)18(22-23)15-7-5-11-24(13-15)12-14-6-2-3-9-17(14)20/h2-4,6,8-10,15H,5,7,11-13H2,1H3/t15-/m1/s1. The van der Waals surface area contributed by atoms with Crippen LogP contribution in [0.1, 0.15) is 30.0 Å². The molecule has 1 atom stereocenters. The van der Waals surface area contributed by atoms with E-state index in [1.807, 2.05) is 29.9 Å². The van der Waals surface area contributed by atoms with Gasteiger partial charge in [0.2, 0.25) is 0 Å². The van der Waals surface area contributed by atoms with Crippen molar-refractivity contribution in [3.05, 3.63) is 59.7 Å². The van der Waals surface area contributed by atoms with Crippen LogP contribution in [-0.4, -0.2) is 32.8 Å². The molecule has 0 radical (unpaired) electrons. The average Bonchev–Trinajstić information content (AvgIpc) is 2.95. The zero-order valence-electron chi connectivity index (χ0n) is 13.8. The van der Waals surface area contributed by atoms with E-state index in [1.54, 1.807) is 12.3 Å². The van der Waals surface area contributed by atoms with Gasteiger partial charge in [0.25, 0.3) is 0 Å². The molecule has 24 heavy (non-hydrogen) atoms. The minimum atomic E-state index is -0.118. The Morgan fingerprint density at radius 2 is 2.08 bits per heavy atom. The Hall–Kier alpha value is -2.27. The number of benzene rings is 1. The summed E-state index contributed by atoms with van der Waals surface area (Å²) >= 11 is 0. The molecule has 1 fully saturated rings. The van der Waals surface area contributed by atoms with E-state index in [9.17, 15) is 4.39 Å². The number of aromatic nitrogens is 3. The average molecular weight is 324 g/mol. The van der Waals surface area contributed by atoms with E-state index in [4.69, 9.17) is 5.10 Å². The van der Waals surface area contributed by atoms with E-state index in [-0.39, 0.29) is 5.82 Å². The number of piperidine rings is 1. The highest BCUT2D eigenvalue weighted by Crippen LogP contribution is 2.31. The number of hydrogen-bond acceptors (Lipinski definition) is 3. The van der Waals surface area contributed by atoms with E-state index < -0.39 is 0 Å². The third-order valence-corrected chi connectivity index (χ3v) is 4.87. The van der Waals surface area contributed by atoms with Gasteiger partial charge in [-0.3, -0.25) is 9.58 Å². The van der Waals surface area contributed by atoms with Gasteiger partial charge in [-0.1, -0.05) is 18.2 Å². The van der Waals surface area contributed by atoms with Gasteiger partial charge in [-0.25, -0.2) is 9.37 Å². The number of fused-ring (bicyclic) bond motifs is 1. The Labute approximate surface area is 140 Å². The number of halogens is 1. The summed E-state index contributed by atoms with van der Waals surface area (Å²) in [5, 5.41) is 5.86. The van der Waals surface area contributed by atoms with Gasteiger partial charge in [-0.15, -0.1) is 0 Å². The van der Waals surface area contributed by atoms with Crippen LogP contribution in [0.5, 0.6) is 0 Å². The molecule has 3 aromatic rings. The number of hydrogen-bond donors (Lipinski definition) is 0. The van der Waals surface area contributed by atoms with E-state index in [1.165, 1.54) is 6.07 Å². The molecule has 0 unspecified atom stereocenters. The fourth-order valence-electron chi connectivity index (χ4n) is 3.71. The van der Waals surface area contributed by atoms with Gasteiger partial charge in [-0.2, -0.15) is 5.10 Å². The van der Waals surface area contributed by atoms with Crippen molar-refractivity contribution in [1.29, 1.82) is 0 Å². The minimum absolute atomic E-state index is 0.118. The van der Waals surface area contributed by atoms with E-state index in [0.29, 0.717) is 12.5 Å². The molecule has 0 saturated carbocycles. The highest BCUT2D eigenvalue weighted by atomic mass is 19.1. The molecule has 5 heteroatoms. The third kappa shape index (κ3) is 2.80. The molecule has 0 aliphatic carbocycles. The van der Waals surface area contributed by atoms with Gasteiger partial charge in [0, 0.05) is 43.2 Å². The zero-order chi connectivity index (χ0) is 16.5. The van der Waals surface area contributed by atoms with Crippen LogP contribution in [0.25, 0.3) is 11.0 Å². The van der Waals surface area contributed by atoms with Crippen molar-refractivity contribution in [2.75, 3.05) is 13.1 Å². The van der Waals surface area contributed by atoms with Gasteiger partial charge in [0.15, 0.2) is 5.65 Å². The van der Waals surface area contributed by atoms with Crippen molar-refractivity contribution in [1.82, 2.24) is 19.7 Å². The lowest BCUT2D eigenvalue weighted by molar-refractivity contribution is 0.196. The maximum absolute atomic E-state index is 13.9. The lowest BCUT2D eigenvalue weighted by atomic mass is 9.93. The minimum Gasteiger partial charge on any atom is -0.298 e. The van der Waals surface area contributed by atoms with Crippen LogP contribution in [-0.2, 0) is 13.6 Å². The molecule has 0 spiro atoms. The molecule has 124 valence electrons. The molecule has 3 heterocycles. The van der Waals surface area contributed by atoms with Crippen LogP contribution >= 0.6 is 0 Å². The fourth-order valence-corrected chi connectivity index (χ4v) is 3.71. The van der Waals surface area contributed by atoms with Crippen LogP contribution in [0.3, 0.4) is 0 Å². The van der Waals surface area contributed by atoms with Crippen molar-refractivity contribution < 1.29 is 4.39 Å². The van der Waals surface area contributed by atoms with Crippen LogP contribution in [0, 0.1) is 5.82 Å². The Balaban J connectivity index is 1.57. The molecule has 4 rings (SSSR count). The quantitative estimate of drug-likeness (QED) is 0.739. The largest absolute Gasteiger partial charge is 0.298 e. The molecule has 1 saturated heterocycles. The molecular formula is C19H21FN4. The van der Waals surface area contributed by atoms with Gasteiger partial charge in [0.05, 0.1) is 5.69 Å². The van der Waals surface area contributed by atoms with Crippen molar-refractivity contribution in [2.45, 2.75) is 25.3 Å². The number of likely N-dealkylation sites (tertiary alicyclic amines) is 1. The molecule has 0 bridgehead atoms. The summed E-state index contributed by atoms with van der Waals surface area (Å²) in [6.07, 6.45) is 4.03. The summed E-state index contributed by atoms with van der Waals surface area (Å²) in [5.41, 5.74) is 2.82. The predicted octanol–water partition coefficient (Wildman–Crippen LogP) is 3.49. The zero-order valence-corrected chi connectivity index (χ0v) is 13.8. The number of nitrogens with zero attached hydrogens (tertiary/aromatic N) is 4. The Kier molecular flexibility index (Phi) is 4.02. The number of rotatable bonds is 3. The summed E-state index contributed by atoms with van der Waals surface area (Å²) in [5.74, 6) is 0.255. The van der Waals surface area contributed by atoms with Crippen LogP contribution in [0.15, 0.2) is 42.6 Å². The maximum atomic E-state index is 13.9.